The van der Waals surface area contributed by atoms with Gasteiger partial charge in [-0.3, -0.25) is 4.79 Å². The third kappa shape index (κ3) is 4.77. The van der Waals surface area contributed by atoms with Gasteiger partial charge < -0.3 is 15.4 Å². The molecular formula is C15H28N2O2. The van der Waals surface area contributed by atoms with Crippen molar-refractivity contribution in [1.29, 1.82) is 0 Å². The Morgan fingerprint density at radius 1 is 1.11 bits per heavy atom. The van der Waals surface area contributed by atoms with E-state index in [1.807, 2.05) is 0 Å². The molecule has 1 amide bonds. The Kier molecular flexibility index (Phi) is 6.11. The molecule has 2 atom stereocenters. The molecule has 1 saturated carbocycles. The van der Waals surface area contributed by atoms with Crippen LogP contribution in [0.3, 0.4) is 0 Å². The van der Waals surface area contributed by atoms with Crippen LogP contribution in [0.1, 0.15) is 51.9 Å². The van der Waals surface area contributed by atoms with Gasteiger partial charge >= 0.3 is 0 Å². The molecule has 0 aromatic carbocycles. The zero-order chi connectivity index (χ0) is 13.5. The molecule has 0 radical (unpaired) electrons. The lowest BCUT2D eigenvalue weighted by atomic mass is 10.0. The molecule has 0 spiro atoms. The Bertz CT molecular complexity index is 275. The van der Waals surface area contributed by atoms with E-state index in [0.29, 0.717) is 18.5 Å². The van der Waals surface area contributed by atoms with E-state index in [1.54, 1.807) is 0 Å². The van der Waals surface area contributed by atoms with E-state index in [9.17, 15) is 4.79 Å². The van der Waals surface area contributed by atoms with Crippen molar-refractivity contribution >= 4 is 5.91 Å². The quantitative estimate of drug-likeness (QED) is 0.591. The summed E-state index contributed by atoms with van der Waals surface area (Å²) in [6.07, 6.45) is 8.80. The van der Waals surface area contributed by atoms with Crippen molar-refractivity contribution in [3.8, 4) is 0 Å². The zero-order valence-electron chi connectivity index (χ0n) is 12.1. The summed E-state index contributed by atoms with van der Waals surface area (Å²) in [5, 5.41) is 6.55. The molecule has 0 bridgehead atoms. The van der Waals surface area contributed by atoms with Gasteiger partial charge in [0, 0.05) is 25.7 Å². The normalized spacial score (nSPS) is 29.1. The van der Waals surface area contributed by atoms with Gasteiger partial charge in [0.25, 0.3) is 0 Å². The predicted molar refractivity (Wildman–Crippen MR) is 76.0 cm³/mol. The lowest BCUT2D eigenvalue weighted by Gasteiger charge is -2.18. The highest BCUT2D eigenvalue weighted by Gasteiger charge is 2.30. The summed E-state index contributed by atoms with van der Waals surface area (Å²) < 4.78 is 5.46. The molecule has 1 saturated heterocycles. The summed E-state index contributed by atoms with van der Waals surface area (Å²) in [5.41, 5.74) is 0. The summed E-state index contributed by atoms with van der Waals surface area (Å²) in [6, 6.07) is 0.654. The lowest BCUT2D eigenvalue weighted by Crippen LogP contribution is -2.42. The number of carbonyl (C=O) groups excluding carboxylic acids is 1. The van der Waals surface area contributed by atoms with Crippen molar-refractivity contribution in [3.05, 3.63) is 0 Å². The number of hydrogen-bond acceptors (Lipinski definition) is 3. The molecule has 110 valence electrons. The summed E-state index contributed by atoms with van der Waals surface area (Å²) >= 11 is 0. The SMILES string of the molecule is CC1CCOC1C(=O)NCCNC1CCCCCC1. The van der Waals surface area contributed by atoms with E-state index in [2.05, 4.69) is 17.6 Å². The van der Waals surface area contributed by atoms with Gasteiger partial charge in [0.15, 0.2) is 0 Å². The van der Waals surface area contributed by atoms with E-state index < -0.39 is 0 Å². The fourth-order valence-corrected chi connectivity index (χ4v) is 3.08. The van der Waals surface area contributed by atoms with Gasteiger partial charge in [-0.15, -0.1) is 0 Å². The van der Waals surface area contributed by atoms with E-state index in [0.717, 1.165) is 19.6 Å². The minimum atomic E-state index is -0.224. The van der Waals surface area contributed by atoms with Crippen LogP contribution >= 0.6 is 0 Å². The first-order chi connectivity index (χ1) is 9.27. The van der Waals surface area contributed by atoms with Crippen molar-refractivity contribution in [3.63, 3.8) is 0 Å². The maximum atomic E-state index is 11.9. The maximum Gasteiger partial charge on any atom is 0.249 e. The maximum absolute atomic E-state index is 11.9. The van der Waals surface area contributed by atoms with Crippen LogP contribution in [-0.2, 0) is 9.53 Å². The summed E-state index contributed by atoms with van der Waals surface area (Å²) in [6.45, 7) is 4.39. The average molecular weight is 268 g/mol. The fourth-order valence-electron chi connectivity index (χ4n) is 3.08. The van der Waals surface area contributed by atoms with Gasteiger partial charge in [0.05, 0.1) is 0 Å². The minimum absolute atomic E-state index is 0.0627. The van der Waals surface area contributed by atoms with Crippen LogP contribution in [0.5, 0.6) is 0 Å². The lowest BCUT2D eigenvalue weighted by molar-refractivity contribution is -0.131. The number of hydrogen-bond donors (Lipinski definition) is 2. The Balaban J connectivity index is 1.57. The van der Waals surface area contributed by atoms with E-state index >= 15 is 0 Å². The van der Waals surface area contributed by atoms with Crippen LogP contribution in [0.4, 0.5) is 0 Å². The molecule has 0 aromatic heterocycles. The number of rotatable bonds is 5. The number of nitrogens with one attached hydrogen (secondary N) is 2. The monoisotopic (exact) mass is 268 g/mol. The van der Waals surface area contributed by atoms with Crippen LogP contribution < -0.4 is 10.6 Å². The van der Waals surface area contributed by atoms with Gasteiger partial charge in [-0.05, 0) is 25.2 Å². The van der Waals surface area contributed by atoms with Crippen LogP contribution in [0.15, 0.2) is 0 Å². The van der Waals surface area contributed by atoms with Crippen LogP contribution in [0.25, 0.3) is 0 Å². The molecule has 2 unspecified atom stereocenters. The standard InChI is InChI=1S/C15H28N2O2/c1-12-8-11-19-14(12)15(18)17-10-9-16-13-6-4-2-3-5-7-13/h12-14,16H,2-11H2,1H3,(H,17,18). The van der Waals surface area contributed by atoms with Crippen molar-refractivity contribution < 1.29 is 9.53 Å². The number of amides is 1. The average Bonchev–Trinajstić information content (AvgIpc) is 2.68. The van der Waals surface area contributed by atoms with Gasteiger partial charge in [-0.2, -0.15) is 0 Å². The molecule has 4 heteroatoms. The third-order valence-electron chi connectivity index (χ3n) is 4.36. The first-order valence-electron chi connectivity index (χ1n) is 7.90. The van der Waals surface area contributed by atoms with Gasteiger partial charge in [0.2, 0.25) is 5.91 Å². The van der Waals surface area contributed by atoms with E-state index in [4.69, 9.17) is 4.74 Å². The highest BCUT2D eigenvalue weighted by Crippen LogP contribution is 2.20. The second kappa shape index (κ2) is 7.85. The molecule has 2 fully saturated rings. The van der Waals surface area contributed by atoms with Crippen LogP contribution in [0.2, 0.25) is 0 Å². The van der Waals surface area contributed by atoms with Crippen molar-refractivity contribution in [2.45, 2.75) is 64.0 Å². The molecule has 2 N–H and O–H groups in total. The van der Waals surface area contributed by atoms with Crippen molar-refractivity contribution in [2.75, 3.05) is 19.7 Å². The van der Waals surface area contributed by atoms with Crippen molar-refractivity contribution in [2.24, 2.45) is 5.92 Å². The topological polar surface area (TPSA) is 50.4 Å². The summed E-state index contributed by atoms with van der Waals surface area (Å²) in [7, 11) is 0. The first kappa shape index (κ1) is 14.8. The second-order valence-electron chi connectivity index (χ2n) is 5.99. The molecule has 2 rings (SSSR count). The summed E-state index contributed by atoms with van der Waals surface area (Å²) in [4.78, 5) is 11.9. The smallest absolute Gasteiger partial charge is 0.249 e. The van der Waals surface area contributed by atoms with Gasteiger partial charge in [-0.1, -0.05) is 32.6 Å². The van der Waals surface area contributed by atoms with E-state index in [1.165, 1.54) is 38.5 Å². The molecule has 1 aliphatic heterocycles. The molecule has 0 aromatic rings. The van der Waals surface area contributed by atoms with Gasteiger partial charge in [0.1, 0.15) is 6.10 Å². The Labute approximate surface area is 116 Å². The number of carbonyl (C=O) groups is 1. The highest BCUT2D eigenvalue weighted by atomic mass is 16.5. The fraction of sp³-hybridized carbons (Fsp3) is 0.933. The van der Waals surface area contributed by atoms with Crippen LogP contribution in [0, 0.1) is 5.92 Å². The van der Waals surface area contributed by atoms with E-state index in [-0.39, 0.29) is 12.0 Å². The Hall–Kier alpha value is -0.610. The Morgan fingerprint density at radius 2 is 1.84 bits per heavy atom. The largest absolute Gasteiger partial charge is 0.368 e. The van der Waals surface area contributed by atoms with Crippen molar-refractivity contribution in [1.82, 2.24) is 10.6 Å². The minimum Gasteiger partial charge on any atom is -0.368 e. The molecule has 19 heavy (non-hydrogen) atoms. The molecule has 1 heterocycles. The van der Waals surface area contributed by atoms with Crippen LogP contribution in [-0.4, -0.2) is 37.7 Å². The molecular weight excluding hydrogens is 240 g/mol. The summed E-state index contributed by atoms with van der Waals surface area (Å²) in [5.74, 6) is 0.419. The molecule has 4 nitrogen and oxygen atoms in total. The first-order valence-corrected chi connectivity index (χ1v) is 7.90. The number of ether oxygens (including phenoxy) is 1. The predicted octanol–water partition coefficient (Wildman–Crippen LogP) is 1.84. The highest BCUT2D eigenvalue weighted by molar-refractivity contribution is 5.81. The molecule has 1 aliphatic carbocycles. The van der Waals surface area contributed by atoms with Gasteiger partial charge in [-0.25, -0.2) is 0 Å². The molecule has 2 aliphatic rings. The Morgan fingerprint density at radius 3 is 2.47 bits per heavy atom. The second-order valence-corrected chi connectivity index (χ2v) is 5.99. The zero-order valence-corrected chi connectivity index (χ0v) is 12.1. The third-order valence-corrected chi connectivity index (χ3v) is 4.36.